The van der Waals surface area contributed by atoms with E-state index in [4.69, 9.17) is 0 Å². The molecule has 2 nitrogen and oxygen atoms in total. The van der Waals surface area contributed by atoms with E-state index >= 15 is 0 Å². The zero-order valence-electron chi connectivity index (χ0n) is 22.2. The molecule has 3 heteroatoms. The fourth-order valence-electron chi connectivity index (χ4n) is 6.23. The quantitative estimate of drug-likeness (QED) is 0.198. The van der Waals surface area contributed by atoms with Crippen molar-refractivity contribution in [1.29, 1.82) is 0 Å². The van der Waals surface area contributed by atoms with E-state index in [1.54, 1.807) is 0 Å². The highest BCUT2D eigenvalue weighted by molar-refractivity contribution is 9.10. The third kappa shape index (κ3) is 3.93. The molecule has 8 rings (SSSR count). The second-order valence-corrected chi connectivity index (χ2v) is 11.3. The topological polar surface area (TPSA) is 8.17 Å². The standard InChI is InChI=1S/C38H25BrN2/c39-28-23-29(25-30(24-28)41-37-19-7-5-17-33(37)34-18-6-8-20-38(34)41)40(35-21-9-13-26-11-1-3-15-31(26)35)36-22-10-14-27-12-2-4-16-32(27)36/h1-25H. The number of rotatable bonds is 4. The number of halogens is 1. The van der Waals surface area contributed by atoms with E-state index in [2.05, 4.69) is 177 Å². The highest BCUT2D eigenvalue weighted by Crippen LogP contribution is 2.44. The maximum Gasteiger partial charge on any atom is 0.0541 e. The van der Waals surface area contributed by atoms with Gasteiger partial charge in [0.25, 0.3) is 0 Å². The zero-order chi connectivity index (χ0) is 27.3. The second-order valence-electron chi connectivity index (χ2n) is 10.4. The van der Waals surface area contributed by atoms with E-state index in [0.29, 0.717) is 0 Å². The van der Waals surface area contributed by atoms with Gasteiger partial charge in [-0.15, -0.1) is 0 Å². The third-order valence-electron chi connectivity index (χ3n) is 7.98. The van der Waals surface area contributed by atoms with Crippen LogP contribution < -0.4 is 4.90 Å². The number of anilines is 3. The van der Waals surface area contributed by atoms with Gasteiger partial charge in [-0.25, -0.2) is 0 Å². The Morgan fingerprint density at radius 3 is 1.46 bits per heavy atom. The Balaban J connectivity index is 1.45. The summed E-state index contributed by atoms with van der Waals surface area (Å²) in [6.07, 6.45) is 0. The van der Waals surface area contributed by atoms with Crippen LogP contribution in [-0.2, 0) is 0 Å². The van der Waals surface area contributed by atoms with E-state index in [-0.39, 0.29) is 0 Å². The number of aromatic nitrogens is 1. The van der Waals surface area contributed by atoms with Gasteiger partial charge in [0.05, 0.1) is 22.4 Å². The average Bonchev–Trinajstić information content (AvgIpc) is 3.36. The Morgan fingerprint density at radius 2 is 0.902 bits per heavy atom. The Labute approximate surface area is 246 Å². The van der Waals surface area contributed by atoms with Gasteiger partial charge in [0, 0.05) is 37.4 Å². The zero-order valence-corrected chi connectivity index (χ0v) is 23.8. The summed E-state index contributed by atoms with van der Waals surface area (Å²) < 4.78 is 3.40. The molecule has 7 aromatic carbocycles. The van der Waals surface area contributed by atoms with Gasteiger partial charge in [-0.2, -0.15) is 0 Å². The molecule has 0 aliphatic rings. The molecule has 0 amide bonds. The summed E-state index contributed by atoms with van der Waals surface area (Å²) in [7, 11) is 0. The van der Waals surface area contributed by atoms with Crippen molar-refractivity contribution in [1.82, 2.24) is 4.57 Å². The van der Waals surface area contributed by atoms with Gasteiger partial charge in [-0.3, -0.25) is 0 Å². The lowest BCUT2D eigenvalue weighted by molar-refractivity contribution is 1.17. The molecular weight excluding hydrogens is 564 g/mol. The molecular formula is C38H25BrN2. The van der Waals surface area contributed by atoms with Crippen LogP contribution >= 0.6 is 15.9 Å². The molecule has 1 heterocycles. The number of benzene rings is 7. The van der Waals surface area contributed by atoms with Crippen molar-refractivity contribution in [2.24, 2.45) is 0 Å². The summed E-state index contributed by atoms with van der Waals surface area (Å²) in [4.78, 5) is 2.41. The first kappa shape index (κ1) is 24.0. The number of hydrogen-bond donors (Lipinski definition) is 0. The minimum atomic E-state index is 1.03. The summed E-state index contributed by atoms with van der Waals surface area (Å²) in [5.41, 5.74) is 6.87. The van der Waals surface area contributed by atoms with Gasteiger partial charge in [-0.05, 0) is 53.2 Å². The minimum absolute atomic E-state index is 1.03. The molecule has 1 aromatic heterocycles. The van der Waals surface area contributed by atoms with Gasteiger partial charge in [0.1, 0.15) is 0 Å². The highest BCUT2D eigenvalue weighted by atomic mass is 79.9. The normalized spacial score (nSPS) is 11.5. The molecule has 0 unspecified atom stereocenters. The molecule has 0 fully saturated rings. The molecule has 0 N–H and O–H groups in total. The van der Waals surface area contributed by atoms with Crippen LogP contribution in [0, 0.1) is 0 Å². The number of nitrogens with zero attached hydrogens (tertiary/aromatic N) is 2. The number of hydrogen-bond acceptors (Lipinski definition) is 1. The van der Waals surface area contributed by atoms with Crippen molar-refractivity contribution < 1.29 is 0 Å². The van der Waals surface area contributed by atoms with Crippen LogP contribution in [0.5, 0.6) is 0 Å². The van der Waals surface area contributed by atoms with Crippen molar-refractivity contribution in [3.05, 3.63) is 156 Å². The number of fused-ring (bicyclic) bond motifs is 5. The van der Waals surface area contributed by atoms with Gasteiger partial charge >= 0.3 is 0 Å². The van der Waals surface area contributed by atoms with E-state index < -0.39 is 0 Å². The molecule has 0 radical (unpaired) electrons. The largest absolute Gasteiger partial charge is 0.309 e. The van der Waals surface area contributed by atoms with Crippen LogP contribution in [0.4, 0.5) is 17.1 Å². The first-order chi connectivity index (χ1) is 20.3. The number of para-hydroxylation sites is 2. The maximum atomic E-state index is 3.90. The fraction of sp³-hybridized carbons (Fsp3) is 0. The molecule has 0 aliphatic carbocycles. The van der Waals surface area contributed by atoms with Crippen LogP contribution in [0.1, 0.15) is 0 Å². The predicted octanol–water partition coefficient (Wildman–Crippen LogP) is 11.3. The molecule has 41 heavy (non-hydrogen) atoms. The fourth-order valence-corrected chi connectivity index (χ4v) is 6.70. The van der Waals surface area contributed by atoms with Crippen LogP contribution in [-0.4, -0.2) is 4.57 Å². The van der Waals surface area contributed by atoms with Crippen LogP contribution in [0.3, 0.4) is 0 Å². The van der Waals surface area contributed by atoms with E-state index in [9.17, 15) is 0 Å². The lowest BCUT2D eigenvalue weighted by atomic mass is 10.0. The van der Waals surface area contributed by atoms with Gasteiger partial charge in [0.2, 0.25) is 0 Å². The molecule has 0 aliphatic heterocycles. The first-order valence-corrected chi connectivity index (χ1v) is 14.6. The third-order valence-corrected chi connectivity index (χ3v) is 8.44. The lowest BCUT2D eigenvalue weighted by Gasteiger charge is -2.29. The van der Waals surface area contributed by atoms with E-state index in [1.807, 2.05) is 0 Å². The highest BCUT2D eigenvalue weighted by Gasteiger charge is 2.20. The van der Waals surface area contributed by atoms with Crippen molar-refractivity contribution in [3.8, 4) is 5.69 Å². The van der Waals surface area contributed by atoms with E-state index in [0.717, 1.165) is 27.2 Å². The SMILES string of the molecule is Brc1cc(N(c2cccc3ccccc23)c2cccc3ccccc23)cc(-n2c3ccccc3c3ccccc32)c1. The van der Waals surface area contributed by atoms with Crippen LogP contribution in [0.25, 0.3) is 49.0 Å². The molecule has 0 saturated heterocycles. The molecule has 0 saturated carbocycles. The molecule has 194 valence electrons. The molecule has 0 atom stereocenters. The Hall–Kier alpha value is -4.86. The summed E-state index contributed by atoms with van der Waals surface area (Å²) in [6.45, 7) is 0. The van der Waals surface area contributed by atoms with Crippen molar-refractivity contribution in [2.45, 2.75) is 0 Å². The van der Waals surface area contributed by atoms with Gasteiger partial charge in [0.15, 0.2) is 0 Å². The maximum absolute atomic E-state index is 3.90. The van der Waals surface area contributed by atoms with Crippen molar-refractivity contribution in [2.75, 3.05) is 4.90 Å². The van der Waals surface area contributed by atoms with E-state index in [1.165, 1.54) is 43.4 Å². The Bertz CT molecular complexity index is 2100. The molecule has 8 aromatic rings. The average molecular weight is 590 g/mol. The monoisotopic (exact) mass is 588 g/mol. The molecule has 0 spiro atoms. The second kappa shape index (κ2) is 9.65. The Kier molecular flexibility index (Phi) is 5.65. The summed E-state index contributed by atoms with van der Waals surface area (Å²) >= 11 is 3.90. The molecule has 0 bridgehead atoms. The lowest BCUT2D eigenvalue weighted by Crippen LogP contribution is -2.12. The predicted molar refractivity (Wildman–Crippen MR) is 178 cm³/mol. The first-order valence-electron chi connectivity index (χ1n) is 13.8. The summed E-state index contributed by atoms with van der Waals surface area (Å²) in [5.74, 6) is 0. The summed E-state index contributed by atoms with van der Waals surface area (Å²) in [6, 6.07) is 54.5. The van der Waals surface area contributed by atoms with Crippen LogP contribution in [0.2, 0.25) is 0 Å². The van der Waals surface area contributed by atoms with Crippen LogP contribution in [0.15, 0.2) is 156 Å². The van der Waals surface area contributed by atoms with Crippen molar-refractivity contribution >= 4 is 76.3 Å². The smallest absolute Gasteiger partial charge is 0.0541 e. The van der Waals surface area contributed by atoms with Crippen molar-refractivity contribution in [3.63, 3.8) is 0 Å². The Morgan fingerprint density at radius 1 is 0.439 bits per heavy atom. The van der Waals surface area contributed by atoms with Gasteiger partial charge in [-0.1, -0.05) is 125 Å². The summed E-state index contributed by atoms with van der Waals surface area (Å²) in [5, 5.41) is 7.36. The van der Waals surface area contributed by atoms with Gasteiger partial charge < -0.3 is 9.47 Å². The minimum Gasteiger partial charge on any atom is -0.309 e.